The number of hydrazone groups is 1. The van der Waals surface area contributed by atoms with Crippen LogP contribution in [0.3, 0.4) is 0 Å². The minimum Gasteiger partial charge on any atom is -0.507 e. The summed E-state index contributed by atoms with van der Waals surface area (Å²) >= 11 is 6.03. The van der Waals surface area contributed by atoms with Gasteiger partial charge in [-0.15, -0.1) is 0 Å². The molecule has 0 radical (unpaired) electrons. The van der Waals surface area contributed by atoms with Crippen LogP contribution < -0.4 is 10.7 Å². The fourth-order valence-electron chi connectivity index (χ4n) is 3.78. The van der Waals surface area contributed by atoms with Crippen LogP contribution in [0, 0.1) is 18.3 Å². The maximum absolute atomic E-state index is 13.3. The number of carbonyl (C=O) groups is 2. The summed E-state index contributed by atoms with van der Waals surface area (Å²) in [5.74, 6) is -2.72. The molecule has 0 aromatic heterocycles. The third kappa shape index (κ3) is 5.35. The van der Waals surface area contributed by atoms with Crippen LogP contribution in [-0.2, 0) is 4.79 Å². The van der Waals surface area contributed by atoms with E-state index in [1.54, 1.807) is 36.4 Å². The molecule has 0 fully saturated rings. The van der Waals surface area contributed by atoms with Gasteiger partial charge in [-0.25, -0.2) is 5.43 Å². The molecule has 0 spiro atoms. The highest BCUT2D eigenvalue weighted by atomic mass is 35.5. The van der Waals surface area contributed by atoms with E-state index in [9.17, 15) is 20.0 Å². The summed E-state index contributed by atoms with van der Waals surface area (Å²) in [6.45, 7) is 1.82. The van der Waals surface area contributed by atoms with Crippen LogP contribution in [0.15, 0.2) is 90.0 Å². The van der Waals surface area contributed by atoms with E-state index in [0.717, 1.165) is 16.3 Å². The molecule has 7 nitrogen and oxygen atoms in total. The summed E-state index contributed by atoms with van der Waals surface area (Å²) in [5.41, 5.74) is 3.86. The SMILES string of the molecule is Cc1ccccc1C(C#N)/C(=N\NC(=O)c1cc2ccccc2cc1O)C(=O)Nc1cccc(Cl)c1. The number of nitrogens with zero attached hydrogens (tertiary/aromatic N) is 2. The van der Waals surface area contributed by atoms with Gasteiger partial charge in [-0.05, 0) is 59.2 Å². The molecular weight excluding hydrogens is 476 g/mol. The van der Waals surface area contributed by atoms with E-state index in [0.29, 0.717) is 16.3 Å². The molecule has 0 saturated carbocycles. The first-order chi connectivity index (χ1) is 17.4. The third-order valence-electron chi connectivity index (χ3n) is 5.60. The Morgan fingerprint density at radius 1 is 0.972 bits per heavy atom. The molecule has 3 N–H and O–H groups in total. The molecule has 0 aliphatic rings. The van der Waals surface area contributed by atoms with Gasteiger partial charge in [0.25, 0.3) is 11.8 Å². The Morgan fingerprint density at radius 3 is 2.36 bits per heavy atom. The number of hydrogen-bond donors (Lipinski definition) is 3. The number of aromatic hydroxyl groups is 1. The number of nitriles is 1. The number of anilines is 1. The molecular formula is C28H21ClN4O3. The van der Waals surface area contributed by atoms with Crippen molar-refractivity contribution in [2.45, 2.75) is 12.8 Å². The smallest absolute Gasteiger partial charge is 0.275 e. The number of hydrogen-bond acceptors (Lipinski definition) is 5. The van der Waals surface area contributed by atoms with Crippen molar-refractivity contribution in [3.05, 3.63) is 107 Å². The normalized spacial score (nSPS) is 12.0. The van der Waals surface area contributed by atoms with Crippen LogP contribution in [0.1, 0.15) is 27.4 Å². The summed E-state index contributed by atoms with van der Waals surface area (Å²) in [5, 5.41) is 29.1. The van der Waals surface area contributed by atoms with Crippen molar-refractivity contribution in [3.63, 3.8) is 0 Å². The van der Waals surface area contributed by atoms with Crippen LogP contribution >= 0.6 is 11.6 Å². The monoisotopic (exact) mass is 496 g/mol. The highest BCUT2D eigenvalue weighted by Crippen LogP contribution is 2.26. The lowest BCUT2D eigenvalue weighted by Gasteiger charge is -2.16. The Bertz CT molecular complexity index is 1540. The highest BCUT2D eigenvalue weighted by Gasteiger charge is 2.27. The molecule has 1 unspecified atom stereocenters. The van der Waals surface area contributed by atoms with E-state index in [1.165, 1.54) is 12.1 Å². The average molecular weight is 497 g/mol. The zero-order chi connectivity index (χ0) is 25.7. The summed E-state index contributed by atoms with van der Waals surface area (Å²) in [4.78, 5) is 26.2. The highest BCUT2D eigenvalue weighted by molar-refractivity contribution is 6.45. The predicted octanol–water partition coefficient (Wildman–Crippen LogP) is 5.54. The van der Waals surface area contributed by atoms with Crippen LogP contribution in [0.25, 0.3) is 10.8 Å². The maximum atomic E-state index is 13.3. The number of carbonyl (C=O) groups excluding carboxylic acids is 2. The number of rotatable bonds is 6. The Kier molecular flexibility index (Phi) is 7.28. The lowest BCUT2D eigenvalue weighted by molar-refractivity contribution is -0.110. The quantitative estimate of drug-likeness (QED) is 0.240. The summed E-state index contributed by atoms with van der Waals surface area (Å²) in [6, 6.07) is 26.0. The van der Waals surface area contributed by atoms with E-state index < -0.39 is 17.7 Å². The van der Waals surface area contributed by atoms with E-state index in [2.05, 4.69) is 21.9 Å². The number of amides is 2. The second kappa shape index (κ2) is 10.7. The van der Waals surface area contributed by atoms with Gasteiger partial charge in [0, 0.05) is 10.7 Å². The molecule has 0 aliphatic carbocycles. The molecule has 0 heterocycles. The van der Waals surface area contributed by atoms with Crippen LogP contribution in [0.4, 0.5) is 5.69 Å². The van der Waals surface area contributed by atoms with Crippen LogP contribution in [0.5, 0.6) is 5.75 Å². The molecule has 1 atom stereocenters. The summed E-state index contributed by atoms with van der Waals surface area (Å²) < 4.78 is 0. The molecule has 36 heavy (non-hydrogen) atoms. The van der Waals surface area contributed by atoms with Crippen molar-refractivity contribution < 1.29 is 14.7 Å². The molecule has 0 aliphatic heterocycles. The second-order valence-electron chi connectivity index (χ2n) is 8.04. The van der Waals surface area contributed by atoms with E-state index in [4.69, 9.17) is 11.6 Å². The first kappa shape index (κ1) is 24.5. The molecule has 0 saturated heterocycles. The van der Waals surface area contributed by atoms with Crippen molar-refractivity contribution in [2.75, 3.05) is 5.32 Å². The fraction of sp³-hybridized carbons (Fsp3) is 0.0714. The van der Waals surface area contributed by atoms with Crippen LogP contribution in [0.2, 0.25) is 5.02 Å². The first-order valence-corrected chi connectivity index (χ1v) is 11.4. The zero-order valence-electron chi connectivity index (χ0n) is 19.2. The van der Waals surface area contributed by atoms with Crippen molar-refractivity contribution in [2.24, 2.45) is 5.10 Å². The number of fused-ring (bicyclic) bond motifs is 1. The molecule has 4 rings (SSSR count). The van der Waals surface area contributed by atoms with Gasteiger partial charge in [0.2, 0.25) is 0 Å². The second-order valence-corrected chi connectivity index (χ2v) is 8.47. The van der Waals surface area contributed by atoms with Crippen molar-refractivity contribution in [3.8, 4) is 11.8 Å². The van der Waals surface area contributed by atoms with Gasteiger partial charge in [-0.3, -0.25) is 9.59 Å². The summed E-state index contributed by atoms with van der Waals surface area (Å²) in [6.07, 6.45) is 0. The molecule has 4 aromatic rings. The minimum absolute atomic E-state index is 0.0172. The summed E-state index contributed by atoms with van der Waals surface area (Å²) in [7, 11) is 0. The Morgan fingerprint density at radius 2 is 1.67 bits per heavy atom. The first-order valence-electron chi connectivity index (χ1n) is 11.0. The van der Waals surface area contributed by atoms with Gasteiger partial charge in [-0.2, -0.15) is 10.4 Å². The Hall–Kier alpha value is -4.67. The number of phenols is 1. The Balaban J connectivity index is 1.70. The average Bonchev–Trinajstić information content (AvgIpc) is 2.86. The fourth-order valence-corrected chi connectivity index (χ4v) is 3.97. The van der Waals surface area contributed by atoms with Gasteiger partial charge in [0.15, 0.2) is 0 Å². The zero-order valence-corrected chi connectivity index (χ0v) is 20.0. The maximum Gasteiger partial charge on any atom is 0.275 e. The van der Waals surface area contributed by atoms with E-state index in [1.807, 2.05) is 43.3 Å². The van der Waals surface area contributed by atoms with E-state index >= 15 is 0 Å². The van der Waals surface area contributed by atoms with Gasteiger partial charge in [0.1, 0.15) is 17.4 Å². The number of halogens is 1. The minimum atomic E-state index is -1.07. The topological polar surface area (TPSA) is 115 Å². The van der Waals surface area contributed by atoms with Gasteiger partial charge < -0.3 is 10.4 Å². The lowest BCUT2D eigenvalue weighted by Crippen LogP contribution is -2.32. The number of benzene rings is 4. The molecule has 0 bridgehead atoms. The molecule has 178 valence electrons. The van der Waals surface area contributed by atoms with Crippen molar-refractivity contribution >= 4 is 45.6 Å². The number of phenolic OH excluding ortho intramolecular Hbond substituents is 1. The number of aryl methyl sites for hydroxylation is 1. The van der Waals surface area contributed by atoms with Crippen LogP contribution in [-0.4, -0.2) is 22.6 Å². The van der Waals surface area contributed by atoms with Gasteiger partial charge in [0.05, 0.1) is 11.6 Å². The largest absolute Gasteiger partial charge is 0.507 e. The lowest BCUT2D eigenvalue weighted by atomic mass is 9.91. The Labute approximate surface area is 212 Å². The standard InChI is InChI=1S/C28H21ClN4O3/c1-17-7-2-5-12-22(17)24(16-30)26(28(36)31-21-11-6-10-20(29)15-21)32-33-27(35)23-13-18-8-3-4-9-19(18)14-25(23)34/h2-15,24,34H,1H3,(H,31,36)(H,33,35)/b32-26+. The predicted molar refractivity (Wildman–Crippen MR) is 140 cm³/mol. The molecule has 2 amide bonds. The number of nitrogens with one attached hydrogen (secondary N) is 2. The van der Waals surface area contributed by atoms with Crippen molar-refractivity contribution in [1.29, 1.82) is 5.26 Å². The third-order valence-corrected chi connectivity index (χ3v) is 5.84. The van der Waals surface area contributed by atoms with Gasteiger partial charge in [-0.1, -0.05) is 66.2 Å². The molecule has 8 heteroatoms. The van der Waals surface area contributed by atoms with Crippen molar-refractivity contribution in [1.82, 2.24) is 5.43 Å². The van der Waals surface area contributed by atoms with E-state index in [-0.39, 0.29) is 17.0 Å². The van der Waals surface area contributed by atoms with Gasteiger partial charge >= 0.3 is 0 Å². The molecule has 4 aromatic carbocycles.